The lowest BCUT2D eigenvalue weighted by Crippen LogP contribution is -2.58. The van der Waals surface area contributed by atoms with Gasteiger partial charge in [0.25, 0.3) is 0 Å². The molecule has 0 amide bonds. The molecule has 14 heavy (non-hydrogen) atoms. The van der Waals surface area contributed by atoms with Crippen molar-refractivity contribution in [3.8, 4) is 0 Å². The number of hydrogen-bond acceptors (Lipinski definition) is 2. The molecular formula is C12H20O2. The Morgan fingerprint density at radius 1 is 1.07 bits per heavy atom. The van der Waals surface area contributed by atoms with Gasteiger partial charge in [0.15, 0.2) is 0 Å². The summed E-state index contributed by atoms with van der Waals surface area (Å²) in [7, 11) is 0. The standard InChI is InChI=1S/C12H20O2/c13-7-11-3-1-9(6-11)5-10-2-4-12(10,11)8-14/h9-10,13-14H,1-8H2. The van der Waals surface area contributed by atoms with Crippen molar-refractivity contribution in [1.82, 2.24) is 0 Å². The third kappa shape index (κ3) is 0.809. The van der Waals surface area contributed by atoms with Gasteiger partial charge in [-0.1, -0.05) is 0 Å². The molecule has 0 aromatic carbocycles. The van der Waals surface area contributed by atoms with E-state index >= 15 is 0 Å². The Morgan fingerprint density at radius 2 is 1.93 bits per heavy atom. The van der Waals surface area contributed by atoms with E-state index in [9.17, 15) is 10.2 Å². The summed E-state index contributed by atoms with van der Waals surface area (Å²) in [5, 5.41) is 19.4. The van der Waals surface area contributed by atoms with Gasteiger partial charge in [-0.15, -0.1) is 0 Å². The van der Waals surface area contributed by atoms with E-state index in [-0.39, 0.29) is 10.8 Å². The average Bonchev–Trinajstić information content (AvgIpc) is 2.56. The van der Waals surface area contributed by atoms with Crippen molar-refractivity contribution >= 4 is 0 Å². The molecule has 2 heteroatoms. The van der Waals surface area contributed by atoms with E-state index < -0.39 is 0 Å². The second-order valence-corrected chi connectivity index (χ2v) is 5.83. The van der Waals surface area contributed by atoms with Gasteiger partial charge in [-0.3, -0.25) is 0 Å². The molecule has 4 unspecified atom stereocenters. The summed E-state index contributed by atoms with van der Waals surface area (Å²) in [5.74, 6) is 1.58. The zero-order valence-corrected chi connectivity index (χ0v) is 8.71. The molecule has 2 bridgehead atoms. The van der Waals surface area contributed by atoms with Crippen LogP contribution in [0, 0.1) is 22.7 Å². The lowest BCUT2D eigenvalue weighted by molar-refractivity contribution is -0.174. The molecule has 0 heterocycles. The minimum atomic E-state index is 0.105. The first-order valence-corrected chi connectivity index (χ1v) is 5.98. The Kier molecular flexibility index (Phi) is 1.79. The highest BCUT2D eigenvalue weighted by Crippen LogP contribution is 2.70. The highest BCUT2D eigenvalue weighted by Gasteiger charge is 2.65. The third-order valence-corrected chi connectivity index (χ3v) is 5.69. The number of fused-ring (bicyclic) bond motifs is 4. The highest BCUT2D eigenvalue weighted by atomic mass is 16.3. The van der Waals surface area contributed by atoms with Gasteiger partial charge in [-0.25, -0.2) is 0 Å². The lowest BCUT2D eigenvalue weighted by atomic mass is 9.44. The average molecular weight is 196 g/mol. The van der Waals surface area contributed by atoms with Gasteiger partial charge in [0.1, 0.15) is 0 Å². The van der Waals surface area contributed by atoms with Crippen LogP contribution < -0.4 is 0 Å². The Labute approximate surface area is 85.3 Å². The number of aliphatic hydroxyl groups excluding tert-OH is 2. The van der Waals surface area contributed by atoms with Crippen LogP contribution in [0.3, 0.4) is 0 Å². The van der Waals surface area contributed by atoms with Crippen LogP contribution in [0.4, 0.5) is 0 Å². The first kappa shape index (κ1) is 9.17. The second-order valence-electron chi connectivity index (χ2n) is 5.83. The minimum Gasteiger partial charge on any atom is -0.396 e. The summed E-state index contributed by atoms with van der Waals surface area (Å²) in [6.45, 7) is 0.617. The van der Waals surface area contributed by atoms with Crippen molar-refractivity contribution in [2.24, 2.45) is 22.7 Å². The maximum atomic E-state index is 9.68. The van der Waals surface area contributed by atoms with Crippen molar-refractivity contribution in [2.75, 3.05) is 13.2 Å². The Bertz CT molecular complexity index is 244. The smallest absolute Gasteiger partial charge is 0.0496 e. The summed E-state index contributed by atoms with van der Waals surface area (Å²) in [5.41, 5.74) is 0.225. The van der Waals surface area contributed by atoms with E-state index in [1.54, 1.807) is 0 Å². The topological polar surface area (TPSA) is 40.5 Å². The van der Waals surface area contributed by atoms with E-state index in [4.69, 9.17) is 0 Å². The van der Waals surface area contributed by atoms with Gasteiger partial charge >= 0.3 is 0 Å². The van der Waals surface area contributed by atoms with Crippen molar-refractivity contribution < 1.29 is 10.2 Å². The molecule has 3 saturated carbocycles. The number of hydrogen-bond donors (Lipinski definition) is 2. The SMILES string of the molecule is OCC12CCC(CC3CCC31CO)C2. The van der Waals surface area contributed by atoms with Gasteiger partial charge in [-0.2, -0.15) is 0 Å². The zero-order chi connectivity index (χ0) is 9.81. The Balaban J connectivity index is 1.99. The second kappa shape index (κ2) is 2.73. The molecule has 0 aliphatic heterocycles. The zero-order valence-electron chi connectivity index (χ0n) is 8.71. The van der Waals surface area contributed by atoms with Crippen molar-refractivity contribution in [3.05, 3.63) is 0 Å². The first-order chi connectivity index (χ1) is 6.76. The quantitative estimate of drug-likeness (QED) is 0.703. The molecule has 0 spiro atoms. The fourth-order valence-corrected chi connectivity index (χ4v) is 4.71. The predicted molar refractivity (Wildman–Crippen MR) is 53.7 cm³/mol. The molecule has 2 N–H and O–H groups in total. The van der Waals surface area contributed by atoms with E-state index in [1.165, 1.54) is 25.7 Å². The van der Waals surface area contributed by atoms with Gasteiger partial charge in [0.05, 0.1) is 0 Å². The lowest BCUT2D eigenvalue weighted by Gasteiger charge is -2.61. The van der Waals surface area contributed by atoms with Crippen LogP contribution in [0.5, 0.6) is 0 Å². The normalized spacial score (nSPS) is 55.3. The summed E-state index contributed by atoms with van der Waals surface area (Å²) in [6, 6.07) is 0. The molecule has 0 aromatic heterocycles. The molecule has 2 nitrogen and oxygen atoms in total. The third-order valence-electron chi connectivity index (χ3n) is 5.69. The summed E-state index contributed by atoms with van der Waals surface area (Å²) >= 11 is 0. The van der Waals surface area contributed by atoms with Gasteiger partial charge in [-0.05, 0) is 50.4 Å². The van der Waals surface area contributed by atoms with Gasteiger partial charge < -0.3 is 10.2 Å². The molecule has 3 fully saturated rings. The molecular weight excluding hydrogens is 176 g/mol. The van der Waals surface area contributed by atoms with Crippen LogP contribution in [0.15, 0.2) is 0 Å². The molecule has 0 radical (unpaired) electrons. The number of rotatable bonds is 2. The highest BCUT2D eigenvalue weighted by molar-refractivity contribution is 5.14. The van der Waals surface area contributed by atoms with Crippen LogP contribution in [-0.2, 0) is 0 Å². The van der Waals surface area contributed by atoms with Crippen LogP contribution in [0.1, 0.15) is 38.5 Å². The molecule has 3 aliphatic carbocycles. The van der Waals surface area contributed by atoms with E-state index in [0.29, 0.717) is 13.2 Å². The Morgan fingerprint density at radius 3 is 2.50 bits per heavy atom. The maximum Gasteiger partial charge on any atom is 0.0496 e. The van der Waals surface area contributed by atoms with Crippen LogP contribution in [-0.4, -0.2) is 23.4 Å². The molecule has 0 aromatic rings. The van der Waals surface area contributed by atoms with Crippen LogP contribution in [0.2, 0.25) is 0 Å². The van der Waals surface area contributed by atoms with Crippen molar-refractivity contribution in [1.29, 1.82) is 0 Å². The first-order valence-electron chi connectivity index (χ1n) is 5.98. The summed E-state index contributed by atoms with van der Waals surface area (Å²) < 4.78 is 0. The van der Waals surface area contributed by atoms with Crippen molar-refractivity contribution in [2.45, 2.75) is 38.5 Å². The number of aliphatic hydroxyl groups is 2. The molecule has 80 valence electrons. The van der Waals surface area contributed by atoms with Gasteiger partial charge in [0.2, 0.25) is 0 Å². The van der Waals surface area contributed by atoms with E-state index in [2.05, 4.69) is 0 Å². The van der Waals surface area contributed by atoms with Crippen LogP contribution >= 0.6 is 0 Å². The molecule has 3 aliphatic rings. The monoisotopic (exact) mass is 196 g/mol. The molecule has 3 rings (SSSR count). The minimum absolute atomic E-state index is 0.105. The van der Waals surface area contributed by atoms with E-state index in [1.807, 2.05) is 0 Å². The van der Waals surface area contributed by atoms with Crippen LogP contribution in [0.25, 0.3) is 0 Å². The summed E-state index contributed by atoms with van der Waals surface area (Å²) in [4.78, 5) is 0. The fourth-order valence-electron chi connectivity index (χ4n) is 4.71. The molecule has 4 atom stereocenters. The van der Waals surface area contributed by atoms with E-state index in [0.717, 1.165) is 24.7 Å². The predicted octanol–water partition coefficient (Wildman–Crippen LogP) is 1.56. The van der Waals surface area contributed by atoms with Gasteiger partial charge in [0, 0.05) is 24.0 Å². The molecule has 0 saturated heterocycles. The fraction of sp³-hybridized carbons (Fsp3) is 1.00. The Hall–Kier alpha value is -0.0800. The summed E-state index contributed by atoms with van der Waals surface area (Å²) in [6.07, 6.45) is 7.40. The largest absolute Gasteiger partial charge is 0.396 e. The van der Waals surface area contributed by atoms with Crippen molar-refractivity contribution in [3.63, 3.8) is 0 Å². The maximum absolute atomic E-state index is 9.68.